The summed E-state index contributed by atoms with van der Waals surface area (Å²) in [5.74, 6) is 0.590. The molecular weight excluding hydrogens is 112 g/mol. The molecule has 56 valence electrons. The van der Waals surface area contributed by atoms with Crippen molar-refractivity contribution in [1.82, 2.24) is 5.32 Å². The minimum Gasteiger partial charge on any atom is -0.329 e. The Balaban J connectivity index is 3.92. The van der Waals surface area contributed by atoms with Gasteiger partial charge in [-0.3, -0.25) is 0 Å². The highest BCUT2D eigenvalue weighted by molar-refractivity contribution is 4.85. The molecule has 0 heterocycles. The first-order chi connectivity index (χ1) is 4.06. The van der Waals surface area contributed by atoms with Crippen LogP contribution in [-0.4, -0.2) is 19.1 Å². The maximum Gasteiger partial charge on any atom is 0.0295 e. The molecule has 0 aromatic heterocycles. The van der Waals surface area contributed by atoms with Gasteiger partial charge in [0.1, 0.15) is 0 Å². The van der Waals surface area contributed by atoms with Gasteiger partial charge < -0.3 is 11.1 Å². The zero-order valence-electron chi connectivity index (χ0n) is 6.86. The van der Waals surface area contributed by atoms with Gasteiger partial charge in [-0.15, -0.1) is 0 Å². The number of likely N-dealkylation sites (N-methyl/N-ethyl adjacent to an activating group) is 1. The second-order valence-electron chi connectivity index (χ2n) is 3.03. The molecule has 0 amide bonds. The summed E-state index contributed by atoms with van der Waals surface area (Å²) < 4.78 is 0. The van der Waals surface area contributed by atoms with Crippen LogP contribution in [0.3, 0.4) is 0 Å². The van der Waals surface area contributed by atoms with Crippen molar-refractivity contribution >= 4 is 0 Å². The summed E-state index contributed by atoms with van der Waals surface area (Å²) in [6, 6.07) is 0. The zero-order chi connectivity index (χ0) is 7.49. The minimum absolute atomic E-state index is 0.111. The van der Waals surface area contributed by atoms with Crippen LogP contribution in [0.1, 0.15) is 20.8 Å². The number of hydrogen-bond donors (Lipinski definition) is 2. The molecule has 0 saturated heterocycles. The smallest absolute Gasteiger partial charge is 0.0295 e. The minimum atomic E-state index is 0.111. The monoisotopic (exact) mass is 130 g/mol. The third-order valence-corrected chi connectivity index (χ3v) is 2.27. The Morgan fingerprint density at radius 3 is 2.00 bits per heavy atom. The van der Waals surface area contributed by atoms with Crippen molar-refractivity contribution < 1.29 is 0 Å². The fourth-order valence-corrected chi connectivity index (χ4v) is 0.626. The van der Waals surface area contributed by atoms with Crippen molar-refractivity contribution in [3.63, 3.8) is 0 Å². The molecule has 0 aliphatic rings. The molecule has 0 bridgehead atoms. The molecule has 1 atom stereocenters. The van der Waals surface area contributed by atoms with Gasteiger partial charge in [0.05, 0.1) is 0 Å². The Labute approximate surface area is 57.8 Å². The molecule has 9 heavy (non-hydrogen) atoms. The number of rotatable bonds is 3. The molecule has 0 aromatic rings. The van der Waals surface area contributed by atoms with Gasteiger partial charge in [-0.2, -0.15) is 0 Å². The van der Waals surface area contributed by atoms with Crippen LogP contribution in [-0.2, 0) is 0 Å². The first-order valence-electron chi connectivity index (χ1n) is 3.46. The molecule has 3 N–H and O–H groups in total. The lowest BCUT2D eigenvalue weighted by atomic mass is 9.89. The summed E-state index contributed by atoms with van der Waals surface area (Å²) in [6.07, 6.45) is 0. The standard InChI is InChI=1S/C7H18N2/c1-6(2)7(3,5-8)9-4/h6,9H,5,8H2,1-4H3. The Kier molecular flexibility index (Phi) is 3.15. The predicted octanol–water partition coefficient (Wildman–Crippen LogP) is 0.579. The average Bonchev–Trinajstić information content (AvgIpc) is 1.86. The SMILES string of the molecule is CNC(C)(CN)C(C)C. The van der Waals surface area contributed by atoms with Crippen LogP contribution in [0.15, 0.2) is 0 Å². The van der Waals surface area contributed by atoms with E-state index in [4.69, 9.17) is 5.73 Å². The molecule has 0 saturated carbocycles. The van der Waals surface area contributed by atoms with E-state index in [1.165, 1.54) is 0 Å². The van der Waals surface area contributed by atoms with Crippen molar-refractivity contribution in [3.05, 3.63) is 0 Å². The van der Waals surface area contributed by atoms with E-state index in [2.05, 4.69) is 26.1 Å². The quantitative estimate of drug-likeness (QED) is 0.586. The van der Waals surface area contributed by atoms with Gasteiger partial charge in [-0.1, -0.05) is 13.8 Å². The molecule has 2 nitrogen and oxygen atoms in total. The lowest BCUT2D eigenvalue weighted by molar-refractivity contribution is 0.289. The van der Waals surface area contributed by atoms with Crippen molar-refractivity contribution in [3.8, 4) is 0 Å². The summed E-state index contributed by atoms with van der Waals surface area (Å²) in [4.78, 5) is 0. The summed E-state index contributed by atoms with van der Waals surface area (Å²) >= 11 is 0. The van der Waals surface area contributed by atoms with Gasteiger partial charge in [0, 0.05) is 12.1 Å². The van der Waals surface area contributed by atoms with Gasteiger partial charge >= 0.3 is 0 Å². The van der Waals surface area contributed by atoms with Gasteiger partial charge in [0.25, 0.3) is 0 Å². The van der Waals surface area contributed by atoms with Gasteiger partial charge in [0.15, 0.2) is 0 Å². The second-order valence-corrected chi connectivity index (χ2v) is 3.03. The van der Waals surface area contributed by atoms with E-state index < -0.39 is 0 Å². The molecule has 0 fully saturated rings. The van der Waals surface area contributed by atoms with Crippen molar-refractivity contribution in [1.29, 1.82) is 0 Å². The third kappa shape index (κ3) is 1.95. The lowest BCUT2D eigenvalue weighted by Gasteiger charge is -2.31. The van der Waals surface area contributed by atoms with E-state index in [9.17, 15) is 0 Å². The second kappa shape index (κ2) is 3.18. The molecule has 1 unspecified atom stereocenters. The maximum absolute atomic E-state index is 5.56. The highest BCUT2D eigenvalue weighted by Gasteiger charge is 2.23. The number of hydrogen-bond acceptors (Lipinski definition) is 2. The predicted molar refractivity (Wildman–Crippen MR) is 41.4 cm³/mol. The fourth-order valence-electron chi connectivity index (χ4n) is 0.626. The normalized spacial score (nSPS) is 18.0. The summed E-state index contributed by atoms with van der Waals surface area (Å²) in [5.41, 5.74) is 5.67. The van der Waals surface area contributed by atoms with E-state index in [0.717, 1.165) is 0 Å². The average molecular weight is 130 g/mol. The number of nitrogens with two attached hydrogens (primary N) is 1. The van der Waals surface area contributed by atoms with Crippen LogP contribution in [0.2, 0.25) is 0 Å². The largest absolute Gasteiger partial charge is 0.329 e. The van der Waals surface area contributed by atoms with Crippen LogP contribution in [0.4, 0.5) is 0 Å². The summed E-state index contributed by atoms with van der Waals surface area (Å²) in [5, 5.41) is 3.20. The molecular formula is C7H18N2. The van der Waals surface area contributed by atoms with Crippen LogP contribution in [0, 0.1) is 5.92 Å². The Morgan fingerprint density at radius 1 is 1.56 bits per heavy atom. The van der Waals surface area contributed by atoms with E-state index in [1.807, 2.05) is 7.05 Å². The van der Waals surface area contributed by atoms with Crippen LogP contribution < -0.4 is 11.1 Å². The highest BCUT2D eigenvalue weighted by Crippen LogP contribution is 2.12. The molecule has 0 rings (SSSR count). The van der Waals surface area contributed by atoms with Crippen LogP contribution >= 0.6 is 0 Å². The first-order valence-corrected chi connectivity index (χ1v) is 3.46. The van der Waals surface area contributed by atoms with Crippen molar-refractivity contribution in [2.45, 2.75) is 26.3 Å². The third-order valence-electron chi connectivity index (χ3n) is 2.27. The number of nitrogens with one attached hydrogen (secondary N) is 1. The lowest BCUT2D eigenvalue weighted by Crippen LogP contribution is -2.50. The molecule has 0 spiro atoms. The molecule has 0 radical (unpaired) electrons. The molecule has 0 aliphatic heterocycles. The van der Waals surface area contributed by atoms with E-state index >= 15 is 0 Å². The van der Waals surface area contributed by atoms with Crippen LogP contribution in [0.25, 0.3) is 0 Å². The van der Waals surface area contributed by atoms with E-state index in [-0.39, 0.29) is 5.54 Å². The van der Waals surface area contributed by atoms with Crippen molar-refractivity contribution in [2.75, 3.05) is 13.6 Å². The van der Waals surface area contributed by atoms with Gasteiger partial charge in [-0.25, -0.2) is 0 Å². The topological polar surface area (TPSA) is 38.0 Å². The summed E-state index contributed by atoms with van der Waals surface area (Å²) in [6.45, 7) is 7.17. The van der Waals surface area contributed by atoms with E-state index in [0.29, 0.717) is 12.5 Å². The zero-order valence-corrected chi connectivity index (χ0v) is 6.86. The van der Waals surface area contributed by atoms with Gasteiger partial charge in [-0.05, 0) is 19.9 Å². The van der Waals surface area contributed by atoms with Crippen molar-refractivity contribution in [2.24, 2.45) is 11.7 Å². The Bertz CT molecular complexity index is 75.0. The molecule has 0 aliphatic carbocycles. The first kappa shape index (κ1) is 8.92. The maximum atomic E-state index is 5.56. The Hall–Kier alpha value is -0.0800. The van der Waals surface area contributed by atoms with Gasteiger partial charge in [0.2, 0.25) is 0 Å². The Morgan fingerprint density at radius 2 is 2.00 bits per heavy atom. The fraction of sp³-hybridized carbons (Fsp3) is 1.00. The highest BCUT2D eigenvalue weighted by atomic mass is 15.0. The molecule has 2 heteroatoms. The summed E-state index contributed by atoms with van der Waals surface area (Å²) in [7, 11) is 1.95. The van der Waals surface area contributed by atoms with E-state index in [1.54, 1.807) is 0 Å². The molecule has 0 aromatic carbocycles. The van der Waals surface area contributed by atoms with Crippen LogP contribution in [0.5, 0.6) is 0 Å².